The van der Waals surface area contributed by atoms with Crippen LogP contribution in [0.25, 0.3) is 0 Å². The topological polar surface area (TPSA) is 127 Å². The van der Waals surface area contributed by atoms with Crippen molar-refractivity contribution in [3.8, 4) is 0 Å². The van der Waals surface area contributed by atoms with Crippen LogP contribution in [0.15, 0.2) is 0 Å². The van der Waals surface area contributed by atoms with Gasteiger partial charge < -0.3 is 21.7 Å². The average molecular weight is 455 g/mol. The Morgan fingerprint density at radius 1 is 0.750 bits per heavy atom. The van der Waals surface area contributed by atoms with Gasteiger partial charge in [0, 0.05) is 0 Å². The summed E-state index contributed by atoms with van der Waals surface area (Å²) in [7, 11) is 0. The van der Waals surface area contributed by atoms with Gasteiger partial charge >= 0.3 is 11.9 Å². The fourth-order valence-electron chi connectivity index (χ4n) is 6.74. The molecule has 0 spiro atoms. The van der Waals surface area contributed by atoms with Gasteiger partial charge in [0.2, 0.25) is 0 Å². The lowest BCUT2D eigenvalue weighted by atomic mass is 9.80. The first-order valence-corrected chi connectivity index (χ1v) is 12.7. The molecule has 0 heterocycles. The molecule has 0 aromatic carbocycles. The van der Waals surface area contributed by atoms with Crippen molar-refractivity contribution in [2.75, 3.05) is 13.1 Å². The molecule has 2 aliphatic carbocycles. The van der Waals surface area contributed by atoms with Crippen molar-refractivity contribution in [2.24, 2.45) is 57.8 Å². The van der Waals surface area contributed by atoms with Gasteiger partial charge in [-0.15, -0.1) is 0 Å². The number of carboxylic acids is 2. The Hall–Kier alpha value is -1.14. The third-order valence-electron chi connectivity index (χ3n) is 8.62. The molecule has 5 atom stereocenters. The van der Waals surface area contributed by atoms with Crippen molar-refractivity contribution in [1.82, 2.24) is 0 Å². The van der Waals surface area contributed by atoms with Gasteiger partial charge in [-0.3, -0.25) is 9.59 Å². The van der Waals surface area contributed by atoms with E-state index in [1.54, 1.807) is 0 Å². The van der Waals surface area contributed by atoms with E-state index in [1.807, 2.05) is 0 Å². The molecule has 0 aliphatic heterocycles. The van der Waals surface area contributed by atoms with E-state index in [0.29, 0.717) is 48.6 Å². The minimum absolute atomic E-state index is 0.118. The highest BCUT2D eigenvalue weighted by Crippen LogP contribution is 2.52. The second-order valence-electron chi connectivity index (χ2n) is 11.5. The molecule has 2 unspecified atom stereocenters. The maximum absolute atomic E-state index is 11.0. The van der Waals surface area contributed by atoms with Crippen LogP contribution in [0, 0.1) is 46.3 Å². The van der Waals surface area contributed by atoms with Gasteiger partial charge in [-0.2, -0.15) is 0 Å². The first kappa shape index (κ1) is 28.9. The van der Waals surface area contributed by atoms with Crippen molar-refractivity contribution in [3.05, 3.63) is 0 Å². The SMILES string of the molecule is CC(C)C1CC(CN)(CC(=O)O)CC1C(C)C.CC[C@@H]1C[C@](CN)(CC(=O)O)C[C@@H]1CC. The molecule has 0 bridgehead atoms. The zero-order valence-corrected chi connectivity index (χ0v) is 21.4. The molecule has 0 radical (unpaired) electrons. The fraction of sp³-hybridized carbons (Fsp3) is 0.923. The normalized spacial score (nSPS) is 34.6. The van der Waals surface area contributed by atoms with E-state index in [-0.39, 0.29) is 23.7 Å². The van der Waals surface area contributed by atoms with Crippen LogP contribution < -0.4 is 11.5 Å². The van der Waals surface area contributed by atoms with E-state index in [9.17, 15) is 9.59 Å². The largest absolute Gasteiger partial charge is 0.481 e. The highest BCUT2D eigenvalue weighted by molar-refractivity contribution is 5.68. The molecular formula is C26H50N2O4. The summed E-state index contributed by atoms with van der Waals surface area (Å²) in [6.07, 6.45) is 6.76. The highest BCUT2D eigenvalue weighted by Gasteiger charge is 2.47. The molecule has 0 aromatic rings. The third kappa shape index (κ3) is 7.44. The number of hydrogen-bond donors (Lipinski definition) is 4. The molecular weight excluding hydrogens is 404 g/mol. The molecule has 0 saturated heterocycles. The van der Waals surface area contributed by atoms with Crippen LogP contribution in [-0.2, 0) is 9.59 Å². The minimum atomic E-state index is -0.706. The molecule has 0 amide bonds. The summed E-state index contributed by atoms with van der Waals surface area (Å²) in [4.78, 5) is 21.9. The van der Waals surface area contributed by atoms with Crippen LogP contribution in [0.4, 0.5) is 0 Å². The van der Waals surface area contributed by atoms with Crippen LogP contribution in [0.5, 0.6) is 0 Å². The van der Waals surface area contributed by atoms with Gasteiger partial charge in [0.05, 0.1) is 12.8 Å². The molecule has 0 aromatic heterocycles. The zero-order valence-electron chi connectivity index (χ0n) is 21.4. The maximum atomic E-state index is 11.0. The number of carbonyl (C=O) groups is 2. The first-order chi connectivity index (χ1) is 14.9. The van der Waals surface area contributed by atoms with E-state index < -0.39 is 11.9 Å². The summed E-state index contributed by atoms with van der Waals surface area (Å²) in [5.41, 5.74) is 11.4. The van der Waals surface area contributed by atoms with Crippen molar-refractivity contribution in [1.29, 1.82) is 0 Å². The van der Waals surface area contributed by atoms with Gasteiger partial charge in [-0.1, -0.05) is 54.4 Å². The predicted octanol–water partition coefficient (Wildman–Crippen LogP) is 5.00. The Morgan fingerprint density at radius 3 is 1.28 bits per heavy atom. The van der Waals surface area contributed by atoms with E-state index in [4.69, 9.17) is 21.7 Å². The van der Waals surface area contributed by atoms with Crippen molar-refractivity contribution >= 4 is 11.9 Å². The van der Waals surface area contributed by atoms with Crippen LogP contribution in [0.2, 0.25) is 0 Å². The molecule has 32 heavy (non-hydrogen) atoms. The molecule has 2 rings (SSSR count). The quantitative estimate of drug-likeness (QED) is 0.368. The van der Waals surface area contributed by atoms with Gasteiger partial charge in [0.25, 0.3) is 0 Å². The van der Waals surface area contributed by atoms with Crippen LogP contribution in [0.3, 0.4) is 0 Å². The molecule has 188 valence electrons. The molecule has 6 nitrogen and oxygen atoms in total. The van der Waals surface area contributed by atoms with E-state index in [0.717, 1.165) is 38.5 Å². The Balaban J connectivity index is 0.000000323. The monoisotopic (exact) mass is 454 g/mol. The lowest BCUT2D eigenvalue weighted by Gasteiger charge is -2.26. The predicted molar refractivity (Wildman–Crippen MR) is 130 cm³/mol. The minimum Gasteiger partial charge on any atom is -0.481 e. The van der Waals surface area contributed by atoms with Crippen LogP contribution in [-0.4, -0.2) is 35.2 Å². The van der Waals surface area contributed by atoms with E-state index >= 15 is 0 Å². The Bertz CT molecular complexity index is 577. The summed E-state index contributed by atoms with van der Waals surface area (Å²) in [5, 5.41) is 18.0. The van der Waals surface area contributed by atoms with Gasteiger partial charge in [0.1, 0.15) is 0 Å². The van der Waals surface area contributed by atoms with Gasteiger partial charge in [0.15, 0.2) is 0 Å². The summed E-state index contributed by atoms with van der Waals surface area (Å²) < 4.78 is 0. The number of rotatable bonds is 10. The molecule has 6 N–H and O–H groups in total. The standard InChI is InChI=1S/C14H27NO2.C12H23NO2/c1-9(2)11-5-14(8-15,7-13(16)17)6-12(11)10(3)4;1-3-9-5-12(8-13,7-11(14)15)6-10(9)4-2/h9-12H,5-8,15H2,1-4H3,(H,16,17);9-10H,3-8,13H2,1-2H3,(H,14,15)/t;9-,10+,12-. The van der Waals surface area contributed by atoms with E-state index in [2.05, 4.69) is 41.5 Å². The van der Waals surface area contributed by atoms with Gasteiger partial charge in [-0.05, 0) is 85.1 Å². The van der Waals surface area contributed by atoms with Gasteiger partial charge in [-0.25, -0.2) is 0 Å². The molecule has 6 heteroatoms. The van der Waals surface area contributed by atoms with Crippen molar-refractivity contribution in [3.63, 3.8) is 0 Å². The summed E-state index contributed by atoms with van der Waals surface area (Å²) in [5.74, 6) is 2.43. The molecule has 2 aliphatic rings. The lowest BCUT2D eigenvalue weighted by molar-refractivity contribution is -0.140. The highest BCUT2D eigenvalue weighted by atomic mass is 16.4. The number of hydrogen-bond acceptors (Lipinski definition) is 4. The second-order valence-corrected chi connectivity index (χ2v) is 11.5. The average Bonchev–Trinajstić information content (AvgIpc) is 3.27. The van der Waals surface area contributed by atoms with Crippen molar-refractivity contribution in [2.45, 2.75) is 92.9 Å². The Labute approximate surface area is 195 Å². The van der Waals surface area contributed by atoms with Crippen LogP contribution in [0.1, 0.15) is 92.9 Å². The summed E-state index contributed by atoms with van der Waals surface area (Å²) >= 11 is 0. The van der Waals surface area contributed by atoms with Crippen molar-refractivity contribution < 1.29 is 19.8 Å². The molecule has 2 fully saturated rings. The fourth-order valence-corrected chi connectivity index (χ4v) is 6.74. The molecule has 2 saturated carbocycles. The van der Waals surface area contributed by atoms with E-state index in [1.165, 1.54) is 0 Å². The number of carboxylic acid groups (broad SMARTS) is 2. The number of aliphatic carboxylic acids is 2. The first-order valence-electron chi connectivity index (χ1n) is 12.7. The summed E-state index contributed by atoms with van der Waals surface area (Å²) in [6, 6.07) is 0. The van der Waals surface area contributed by atoms with Crippen LogP contribution >= 0.6 is 0 Å². The second kappa shape index (κ2) is 12.4. The third-order valence-corrected chi connectivity index (χ3v) is 8.62. The maximum Gasteiger partial charge on any atom is 0.303 e. The summed E-state index contributed by atoms with van der Waals surface area (Å²) in [6.45, 7) is 14.4. The lowest BCUT2D eigenvalue weighted by Crippen LogP contribution is -2.31. The number of nitrogens with two attached hydrogens (primary N) is 2. The Kier molecular flexibility index (Phi) is 11.2. The zero-order chi connectivity index (χ0) is 24.7. The smallest absolute Gasteiger partial charge is 0.303 e. The Morgan fingerprint density at radius 2 is 1.06 bits per heavy atom.